The standard InChI is InChI=1S/C13H19O3/c1-11(16-10-13(15)9-14)7-8-12-5-3-2-4-6-12/h2-6,11,13-15H,1,7-10H2. The largest absolute Gasteiger partial charge is 0.394 e. The molecule has 89 valence electrons. The lowest BCUT2D eigenvalue weighted by atomic mass is 10.1. The van der Waals surface area contributed by atoms with E-state index in [-0.39, 0.29) is 19.3 Å². The Bertz CT molecular complexity index is 274. The fourth-order valence-electron chi connectivity index (χ4n) is 1.36. The molecule has 16 heavy (non-hydrogen) atoms. The normalized spacial score (nSPS) is 14.7. The molecule has 2 atom stereocenters. The average Bonchev–Trinajstić information content (AvgIpc) is 2.34. The molecule has 0 amide bonds. The molecule has 0 saturated heterocycles. The molecule has 0 bridgehead atoms. The smallest absolute Gasteiger partial charge is 0.100 e. The first-order valence-electron chi connectivity index (χ1n) is 5.50. The van der Waals surface area contributed by atoms with Crippen LogP contribution < -0.4 is 0 Å². The van der Waals surface area contributed by atoms with Crippen molar-refractivity contribution in [2.45, 2.75) is 25.0 Å². The fraction of sp³-hybridized carbons (Fsp3) is 0.462. The first kappa shape index (κ1) is 13.2. The topological polar surface area (TPSA) is 49.7 Å². The van der Waals surface area contributed by atoms with Crippen LogP contribution in [0.25, 0.3) is 0 Å². The zero-order valence-electron chi connectivity index (χ0n) is 9.38. The second-order valence-corrected chi connectivity index (χ2v) is 3.82. The first-order valence-corrected chi connectivity index (χ1v) is 5.50. The summed E-state index contributed by atoms with van der Waals surface area (Å²) in [4.78, 5) is 0. The molecule has 0 spiro atoms. The molecule has 3 nitrogen and oxygen atoms in total. The van der Waals surface area contributed by atoms with Crippen molar-refractivity contribution in [1.82, 2.24) is 0 Å². The van der Waals surface area contributed by atoms with Crippen LogP contribution in [0.4, 0.5) is 0 Å². The van der Waals surface area contributed by atoms with E-state index in [0.29, 0.717) is 0 Å². The van der Waals surface area contributed by atoms with E-state index >= 15 is 0 Å². The molecule has 0 aliphatic rings. The van der Waals surface area contributed by atoms with Gasteiger partial charge in [0.15, 0.2) is 0 Å². The maximum absolute atomic E-state index is 9.09. The van der Waals surface area contributed by atoms with Crippen molar-refractivity contribution >= 4 is 0 Å². The summed E-state index contributed by atoms with van der Waals surface area (Å²) >= 11 is 0. The van der Waals surface area contributed by atoms with Gasteiger partial charge in [-0.1, -0.05) is 30.3 Å². The Balaban J connectivity index is 2.18. The Morgan fingerprint density at radius 3 is 2.56 bits per heavy atom. The minimum atomic E-state index is -0.805. The van der Waals surface area contributed by atoms with Crippen molar-refractivity contribution in [3.63, 3.8) is 0 Å². The second kappa shape index (κ2) is 7.39. The highest BCUT2D eigenvalue weighted by atomic mass is 16.5. The molecule has 2 N–H and O–H groups in total. The Hall–Kier alpha value is -0.900. The number of benzene rings is 1. The van der Waals surface area contributed by atoms with E-state index in [0.717, 1.165) is 12.8 Å². The van der Waals surface area contributed by atoms with Crippen LogP contribution in [0, 0.1) is 6.92 Å². The zero-order chi connectivity index (χ0) is 11.8. The van der Waals surface area contributed by atoms with E-state index in [1.54, 1.807) is 0 Å². The highest BCUT2D eigenvalue weighted by Gasteiger charge is 2.07. The summed E-state index contributed by atoms with van der Waals surface area (Å²) in [5, 5.41) is 17.7. The van der Waals surface area contributed by atoms with Crippen LogP contribution in [0.1, 0.15) is 12.0 Å². The number of aliphatic hydroxyl groups is 2. The third-order valence-electron chi connectivity index (χ3n) is 2.33. The van der Waals surface area contributed by atoms with Gasteiger partial charge in [-0.3, -0.25) is 0 Å². The monoisotopic (exact) mass is 223 g/mol. The maximum atomic E-state index is 9.09. The lowest BCUT2D eigenvalue weighted by Gasteiger charge is -2.15. The summed E-state index contributed by atoms with van der Waals surface area (Å²) < 4.78 is 5.30. The molecule has 3 heteroatoms. The maximum Gasteiger partial charge on any atom is 0.100 e. The van der Waals surface area contributed by atoms with E-state index in [2.05, 4.69) is 19.1 Å². The molecule has 0 aliphatic heterocycles. The Morgan fingerprint density at radius 2 is 1.94 bits per heavy atom. The highest BCUT2D eigenvalue weighted by molar-refractivity contribution is 5.14. The lowest BCUT2D eigenvalue weighted by Crippen LogP contribution is -2.23. The molecule has 0 aromatic heterocycles. The van der Waals surface area contributed by atoms with Crippen LogP contribution in [0.3, 0.4) is 0 Å². The summed E-state index contributed by atoms with van der Waals surface area (Å²) in [5.74, 6) is 0. The van der Waals surface area contributed by atoms with Crippen molar-refractivity contribution in [2.75, 3.05) is 13.2 Å². The summed E-state index contributed by atoms with van der Waals surface area (Å²) in [6, 6.07) is 10.1. The van der Waals surface area contributed by atoms with Gasteiger partial charge in [-0.2, -0.15) is 0 Å². The molecular formula is C13H19O3. The van der Waals surface area contributed by atoms with E-state index in [4.69, 9.17) is 14.9 Å². The van der Waals surface area contributed by atoms with Crippen molar-refractivity contribution in [1.29, 1.82) is 0 Å². The van der Waals surface area contributed by atoms with Gasteiger partial charge in [-0.15, -0.1) is 0 Å². The summed E-state index contributed by atoms with van der Waals surface area (Å²) in [7, 11) is 0. The molecule has 1 aromatic rings. The molecule has 0 saturated carbocycles. The van der Waals surface area contributed by atoms with Crippen LogP contribution in [0.15, 0.2) is 30.3 Å². The van der Waals surface area contributed by atoms with E-state index in [1.165, 1.54) is 5.56 Å². The molecule has 0 aliphatic carbocycles. The average molecular weight is 223 g/mol. The predicted molar refractivity (Wildman–Crippen MR) is 63.0 cm³/mol. The van der Waals surface area contributed by atoms with Gasteiger partial charge in [0.05, 0.1) is 19.3 Å². The van der Waals surface area contributed by atoms with Gasteiger partial charge in [0.2, 0.25) is 0 Å². The zero-order valence-corrected chi connectivity index (χ0v) is 9.38. The molecule has 1 radical (unpaired) electrons. The molecule has 0 fully saturated rings. The van der Waals surface area contributed by atoms with Crippen LogP contribution in [0.5, 0.6) is 0 Å². The molecule has 2 unspecified atom stereocenters. The predicted octanol–water partition coefficient (Wildman–Crippen LogP) is 1.19. The summed E-state index contributed by atoms with van der Waals surface area (Å²) in [6.07, 6.45) is 0.759. The van der Waals surface area contributed by atoms with Crippen molar-refractivity contribution in [3.05, 3.63) is 42.8 Å². The summed E-state index contributed by atoms with van der Waals surface area (Å²) in [6.45, 7) is 3.71. The summed E-state index contributed by atoms with van der Waals surface area (Å²) in [5.41, 5.74) is 1.25. The Kier molecular flexibility index (Phi) is 6.08. The van der Waals surface area contributed by atoms with Gasteiger partial charge < -0.3 is 14.9 Å². The highest BCUT2D eigenvalue weighted by Crippen LogP contribution is 2.07. The number of ether oxygens (including phenoxy) is 1. The quantitative estimate of drug-likeness (QED) is 0.730. The lowest BCUT2D eigenvalue weighted by molar-refractivity contribution is -0.0166. The Labute approximate surface area is 96.7 Å². The second-order valence-electron chi connectivity index (χ2n) is 3.82. The van der Waals surface area contributed by atoms with Gasteiger partial charge in [0, 0.05) is 0 Å². The molecule has 1 aromatic carbocycles. The Morgan fingerprint density at radius 1 is 1.25 bits per heavy atom. The molecule has 0 heterocycles. The first-order chi connectivity index (χ1) is 7.72. The SMILES string of the molecule is [CH2]C(CCc1ccccc1)OCC(O)CO. The third-order valence-corrected chi connectivity index (χ3v) is 2.33. The number of aryl methyl sites for hydroxylation is 1. The van der Waals surface area contributed by atoms with Gasteiger partial charge in [-0.05, 0) is 25.3 Å². The van der Waals surface area contributed by atoms with Crippen LogP contribution >= 0.6 is 0 Å². The van der Waals surface area contributed by atoms with Gasteiger partial charge in [-0.25, -0.2) is 0 Å². The van der Waals surface area contributed by atoms with Gasteiger partial charge in [0.25, 0.3) is 0 Å². The van der Waals surface area contributed by atoms with Crippen LogP contribution in [0.2, 0.25) is 0 Å². The van der Waals surface area contributed by atoms with Gasteiger partial charge in [0.1, 0.15) is 6.10 Å². The van der Waals surface area contributed by atoms with Crippen molar-refractivity contribution < 1.29 is 14.9 Å². The number of hydrogen-bond donors (Lipinski definition) is 2. The third kappa shape index (κ3) is 5.26. The fourth-order valence-corrected chi connectivity index (χ4v) is 1.36. The van der Waals surface area contributed by atoms with Gasteiger partial charge >= 0.3 is 0 Å². The molecular weight excluding hydrogens is 204 g/mol. The number of hydrogen-bond acceptors (Lipinski definition) is 3. The van der Waals surface area contributed by atoms with E-state index in [1.807, 2.05) is 18.2 Å². The molecule has 1 rings (SSSR count). The van der Waals surface area contributed by atoms with Crippen molar-refractivity contribution in [3.8, 4) is 0 Å². The van der Waals surface area contributed by atoms with Crippen molar-refractivity contribution in [2.24, 2.45) is 0 Å². The van der Waals surface area contributed by atoms with E-state index < -0.39 is 6.10 Å². The van der Waals surface area contributed by atoms with E-state index in [9.17, 15) is 0 Å². The minimum absolute atomic E-state index is 0.138. The van der Waals surface area contributed by atoms with Crippen LogP contribution in [-0.4, -0.2) is 35.6 Å². The minimum Gasteiger partial charge on any atom is -0.394 e. The van der Waals surface area contributed by atoms with Crippen LogP contribution in [-0.2, 0) is 11.2 Å². The number of rotatable bonds is 7. The number of aliphatic hydroxyl groups excluding tert-OH is 2.